The first-order valence-corrected chi connectivity index (χ1v) is 11.2. The lowest BCUT2D eigenvalue weighted by Crippen LogP contribution is -2.65. The molecule has 0 unspecified atom stereocenters. The number of ether oxygens (including phenoxy) is 3. The van der Waals surface area contributed by atoms with Crippen molar-refractivity contribution in [1.29, 1.82) is 0 Å². The minimum Gasteiger partial charge on any atom is -0.387 e. The van der Waals surface area contributed by atoms with E-state index in [1.807, 2.05) is 37.3 Å². The van der Waals surface area contributed by atoms with Crippen molar-refractivity contribution >= 4 is 16.0 Å². The van der Waals surface area contributed by atoms with Crippen LogP contribution in [0.5, 0.6) is 0 Å². The van der Waals surface area contributed by atoms with Crippen LogP contribution in [-0.4, -0.2) is 69.5 Å². The van der Waals surface area contributed by atoms with Crippen molar-refractivity contribution in [2.45, 2.75) is 57.5 Å². The highest BCUT2D eigenvalue weighted by Crippen LogP contribution is 2.26. The summed E-state index contributed by atoms with van der Waals surface area (Å²) in [5, 5.41) is 13.3. The minimum atomic E-state index is -3.92. The maximum atomic E-state index is 11.7. The summed E-state index contributed by atoms with van der Waals surface area (Å²) in [6.45, 7) is 3.77. The molecule has 1 aromatic rings. The molecule has 0 aromatic heterocycles. The molecule has 9 nitrogen and oxygen atoms in total. The van der Waals surface area contributed by atoms with Gasteiger partial charge in [-0.2, -0.15) is 8.42 Å². The monoisotopic (exact) mass is 431 g/mol. The lowest BCUT2D eigenvalue weighted by atomic mass is 9.97. The van der Waals surface area contributed by atoms with Gasteiger partial charge in [0.2, 0.25) is 5.91 Å². The fourth-order valence-electron chi connectivity index (χ4n) is 3.00. The minimum absolute atomic E-state index is 0.0154. The normalized spacial score (nSPS) is 27.5. The van der Waals surface area contributed by atoms with Crippen molar-refractivity contribution in [2.75, 3.05) is 19.5 Å². The second kappa shape index (κ2) is 11.0. The van der Waals surface area contributed by atoms with Gasteiger partial charge in [0.25, 0.3) is 10.1 Å². The van der Waals surface area contributed by atoms with Crippen LogP contribution in [0.3, 0.4) is 0 Å². The third kappa shape index (κ3) is 7.65. The molecule has 10 heteroatoms. The molecule has 0 radical (unpaired) electrons. The van der Waals surface area contributed by atoms with Crippen molar-refractivity contribution in [3.8, 4) is 0 Å². The van der Waals surface area contributed by atoms with Crippen molar-refractivity contribution in [3.63, 3.8) is 0 Å². The molecule has 0 spiro atoms. The van der Waals surface area contributed by atoms with Crippen LogP contribution < -0.4 is 5.32 Å². The topological polar surface area (TPSA) is 120 Å². The third-order valence-corrected chi connectivity index (χ3v) is 4.78. The summed E-state index contributed by atoms with van der Waals surface area (Å²) >= 11 is 0. The average Bonchev–Trinajstić information content (AvgIpc) is 2.65. The van der Waals surface area contributed by atoms with E-state index >= 15 is 0 Å². The van der Waals surface area contributed by atoms with Gasteiger partial charge in [-0.25, -0.2) is 0 Å². The molecule has 29 heavy (non-hydrogen) atoms. The summed E-state index contributed by atoms with van der Waals surface area (Å²) in [5.74, 6) is -0.434. The van der Waals surface area contributed by atoms with E-state index in [2.05, 4.69) is 5.32 Å². The number of rotatable bonds is 10. The van der Waals surface area contributed by atoms with Gasteiger partial charge in [0.15, 0.2) is 6.29 Å². The van der Waals surface area contributed by atoms with E-state index < -0.39 is 46.7 Å². The zero-order chi connectivity index (χ0) is 21.4. The molecule has 1 aliphatic rings. The molecule has 2 rings (SSSR count). The maximum absolute atomic E-state index is 11.7. The Kier molecular flexibility index (Phi) is 9.00. The van der Waals surface area contributed by atoms with Crippen LogP contribution in [0.1, 0.15) is 25.8 Å². The van der Waals surface area contributed by atoms with Crippen molar-refractivity contribution < 1.29 is 36.7 Å². The van der Waals surface area contributed by atoms with E-state index in [0.717, 1.165) is 11.8 Å². The molecule has 164 valence electrons. The van der Waals surface area contributed by atoms with E-state index in [4.69, 9.17) is 18.4 Å². The summed E-state index contributed by atoms with van der Waals surface area (Å²) in [6.07, 6.45) is -2.99. The van der Waals surface area contributed by atoms with Crippen LogP contribution in [0.4, 0.5) is 0 Å². The maximum Gasteiger partial charge on any atom is 0.264 e. The number of carbonyl (C=O) groups excluding carboxylic acids is 1. The van der Waals surface area contributed by atoms with Gasteiger partial charge in [0.1, 0.15) is 24.4 Å². The van der Waals surface area contributed by atoms with Crippen LogP contribution in [0.2, 0.25) is 0 Å². The fraction of sp³-hybridized carbons (Fsp3) is 0.632. The van der Waals surface area contributed by atoms with Crippen LogP contribution in [0, 0.1) is 0 Å². The standard InChI is InChI=1S/C19H29NO8S/c1-4-10-26-19-16(20-13(2)21)18(28-29(3,23)24)17(22)15(27-19)12-25-11-14-8-6-5-7-9-14/h5-9,15-19,22H,4,10-12H2,1-3H3,(H,20,21)/t15-,16-,17-,18+,19-/m1/s1. The van der Waals surface area contributed by atoms with E-state index in [9.17, 15) is 18.3 Å². The van der Waals surface area contributed by atoms with Crippen LogP contribution in [-0.2, 0) is 39.9 Å². The van der Waals surface area contributed by atoms with Gasteiger partial charge >= 0.3 is 0 Å². The zero-order valence-electron chi connectivity index (χ0n) is 16.8. The SMILES string of the molecule is CCCO[C@@H]1O[C@H](COCc2ccccc2)[C@@H](O)[C@@H](OS(C)(=O)=O)[C@H]1NC(C)=O. The Hall–Kier alpha value is -1.56. The molecule has 1 amide bonds. The summed E-state index contributed by atoms with van der Waals surface area (Å²) in [5.41, 5.74) is 0.941. The molecule has 1 fully saturated rings. The van der Waals surface area contributed by atoms with Gasteiger partial charge in [-0.15, -0.1) is 0 Å². The van der Waals surface area contributed by atoms with Crippen molar-refractivity contribution in [3.05, 3.63) is 35.9 Å². The molecule has 0 saturated carbocycles. The Morgan fingerprint density at radius 1 is 1.28 bits per heavy atom. The first kappa shape index (κ1) is 23.7. The summed E-state index contributed by atoms with van der Waals surface area (Å²) in [7, 11) is -3.92. The largest absolute Gasteiger partial charge is 0.387 e. The quantitative estimate of drug-likeness (QED) is 0.516. The van der Waals surface area contributed by atoms with E-state index in [1.54, 1.807) is 0 Å². The molecule has 5 atom stereocenters. The van der Waals surface area contributed by atoms with Crippen LogP contribution in [0.25, 0.3) is 0 Å². The number of aliphatic hydroxyl groups is 1. The number of hydrogen-bond donors (Lipinski definition) is 2. The molecular weight excluding hydrogens is 402 g/mol. The molecule has 0 bridgehead atoms. The lowest BCUT2D eigenvalue weighted by Gasteiger charge is -2.43. The van der Waals surface area contributed by atoms with Crippen LogP contribution >= 0.6 is 0 Å². The number of hydrogen-bond acceptors (Lipinski definition) is 8. The Morgan fingerprint density at radius 2 is 1.97 bits per heavy atom. The van der Waals surface area contributed by atoms with Gasteiger partial charge in [0, 0.05) is 13.5 Å². The lowest BCUT2D eigenvalue weighted by molar-refractivity contribution is -0.268. The summed E-state index contributed by atoms with van der Waals surface area (Å²) in [4.78, 5) is 11.6. The first-order valence-electron chi connectivity index (χ1n) is 9.43. The van der Waals surface area contributed by atoms with Gasteiger partial charge in [-0.05, 0) is 12.0 Å². The number of nitrogens with one attached hydrogen (secondary N) is 1. The smallest absolute Gasteiger partial charge is 0.264 e. The predicted octanol–water partition coefficient (Wildman–Crippen LogP) is 0.565. The zero-order valence-corrected chi connectivity index (χ0v) is 17.6. The number of benzene rings is 1. The first-order chi connectivity index (χ1) is 13.7. The van der Waals surface area contributed by atoms with E-state index in [-0.39, 0.29) is 6.61 Å². The van der Waals surface area contributed by atoms with Crippen LogP contribution in [0.15, 0.2) is 30.3 Å². The predicted molar refractivity (Wildman–Crippen MR) is 104 cm³/mol. The second-order valence-corrected chi connectivity index (χ2v) is 8.50. The number of carbonyl (C=O) groups is 1. The van der Waals surface area contributed by atoms with Gasteiger partial charge in [-0.3, -0.25) is 8.98 Å². The molecular formula is C19H29NO8S. The van der Waals surface area contributed by atoms with E-state index in [0.29, 0.717) is 19.6 Å². The van der Waals surface area contributed by atoms with E-state index in [1.165, 1.54) is 6.92 Å². The van der Waals surface area contributed by atoms with Gasteiger partial charge in [0.05, 0.1) is 19.5 Å². The molecule has 1 aromatic carbocycles. The van der Waals surface area contributed by atoms with Gasteiger partial charge < -0.3 is 24.6 Å². The highest BCUT2D eigenvalue weighted by Gasteiger charge is 2.48. The third-order valence-electron chi connectivity index (χ3n) is 4.21. The Balaban J connectivity index is 2.15. The number of aliphatic hydroxyl groups excluding tert-OH is 1. The fourth-order valence-corrected chi connectivity index (χ4v) is 3.64. The average molecular weight is 432 g/mol. The highest BCUT2D eigenvalue weighted by molar-refractivity contribution is 7.86. The Bertz CT molecular complexity index is 742. The summed E-state index contributed by atoms with van der Waals surface area (Å²) in [6, 6.07) is 8.44. The second-order valence-electron chi connectivity index (χ2n) is 6.90. The molecule has 1 aliphatic heterocycles. The van der Waals surface area contributed by atoms with Gasteiger partial charge in [-0.1, -0.05) is 37.3 Å². The van der Waals surface area contributed by atoms with Crippen molar-refractivity contribution in [2.24, 2.45) is 0 Å². The molecule has 1 heterocycles. The number of amides is 1. The Labute approximate surface area is 171 Å². The Morgan fingerprint density at radius 3 is 2.55 bits per heavy atom. The molecule has 2 N–H and O–H groups in total. The van der Waals surface area contributed by atoms with Crippen molar-refractivity contribution in [1.82, 2.24) is 5.32 Å². The molecule has 0 aliphatic carbocycles. The summed E-state index contributed by atoms with van der Waals surface area (Å²) < 4.78 is 45.7. The highest BCUT2D eigenvalue weighted by atomic mass is 32.2. The molecule has 1 saturated heterocycles.